The van der Waals surface area contributed by atoms with Gasteiger partial charge in [0.25, 0.3) is 5.91 Å². The zero-order chi connectivity index (χ0) is 18.0. The third-order valence-electron chi connectivity index (χ3n) is 5.27. The minimum absolute atomic E-state index is 0.0658. The van der Waals surface area contributed by atoms with Crippen molar-refractivity contribution in [3.8, 4) is 0 Å². The summed E-state index contributed by atoms with van der Waals surface area (Å²) in [6.07, 6.45) is 7.00. The van der Waals surface area contributed by atoms with Crippen LogP contribution in [-0.2, 0) is 4.74 Å². The first-order valence-corrected chi connectivity index (χ1v) is 9.03. The monoisotopic (exact) mass is 353 g/mol. The number of carbonyl (C=O) groups is 1. The lowest BCUT2D eigenvalue weighted by Gasteiger charge is -2.50. The molecule has 1 atom stereocenters. The summed E-state index contributed by atoms with van der Waals surface area (Å²) >= 11 is 0. The van der Waals surface area contributed by atoms with E-state index in [1.165, 1.54) is 0 Å². The predicted octanol–water partition coefficient (Wildman–Crippen LogP) is 1.91. The molecule has 4 rings (SSSR count). The van der Waals surface area contributed by atoms with Crippen LogP contribution in [0.25, 0.3) is 0 Å². The molecule has 2 aromatic heterocycles. The van der Waals surface area contributed by atoms with Crippen LogP contribution in [0.1, 0.15) is 29.0 Å². The van der Waals surface area contributed by atoms with Gasteiger partial charge in [0.05, 0.1) is 25.0 Å². The second-order valence-corrected chi connectivity index (χ2v) is 7.03. The van der Waals surface area contributed by atoms with Gasteiger partial charge in [0.1, 0.15) is 17.1 Å². The lowest BCUT2D eigenvalue weighted by atomic mass is 9.79. The van der Waals surface area contributed by atoms with E-state index in [1.54, 1.807) is 18.6 Å². The molecule has 0 aliphatic carbocycles. The summed E-state index contributed by atoms with van der Waals surface area (Å²) in [5, 5.41) is 3.36. The molecule has 0 saturated carbocycles. The van der Waals surface area contributed by atoms with E-state index in [-0.39, 0.29) is 11.5 Å². The van der Waals surface area contributed by atoms with Crippen molar-refractivity contribution < 1.29 is 9.53 Å². The Balaban J connectivity index is 1.31. The smallest absolute Gasteiger partial charge is 0.274 e. The fourth-order valence-corrected chi connectivity index (χ4v) is 3.79. The van der Waals surface area contributed by atoms with Crippen molar-refractivity contribution >= 4 is 11.7 Å². The molecule has 2 aromatic rings. The van der Waals surface area contributed by atoms with E-state index in [9.17, 15) is 4.79 Å². The fraction of sp³-hybridized carbons (Fsp3) is 0.474. The molecule has 0 bridgehead atoms. The maximum absolute atomic E-state index is 12.5. The van der Waals surface area contributed by atoms with Gasteiger partial charge >= 0.3 is 0 Å². The van der Waals surface area contributed by atoms with Gasteiger partial charge in [-0.25, -0.2) is 9.97 Å². The van der Waals surface area contributed by atoms with Gasteiger partial charge in [-0.2, -0.15) is 0 Å². The highest BCUT2D eigenvalue weighted by atomic mass is 16.5. The molecule has 0 unspecified atom stereocenters. The van der Waals surface area contributed by atoms with Crippen LogP contribution in [0.5, 0.6) is 0 Å². The van der Waals surface area contributed by atoms with Crippen molar-refractivity contribution in [2.45, 2.75) is 25.4 Å². The van der Waals surface area contributed by atoms with E-state index in [4.69, 9.17) is 4.74 Å². The van der Waals surface area contributed by atoms with E-state index < -0.39 is 0 Å². The number of rotatable bonds is 5. The van der Waals surface area contributed by atoms with Gasteiger partial charge in [-0.3, -0.25) is 9.78 Å². The van der Waals surface area contributed by atoms with Crippen molar-refractivity contribution in [2.24, 2.45) is 5.92 Å². The van der Waals surface area contributed by atoms with E-state index in [2.05, 4.69) is 20.3 Å². The van der Waals surface area contributed by atoms with Gasteiger partial charge in [0.2, 0.25) is 0 Å². The first-order chi connectivity index (χ1) is 12.7. The van der Waals surface area contributed by atoms with Crippen molar-refractivity contribution in [3.05, 3.63) is 48.2 Å². The largest absolute Gasteiger partial charge is 0.371 e. The first-order valence-electron chi connectivity index (χ1n) is 9.03. The number of amides is 1. The molecule has 4 heterocycles. The lowest BCUT2D eigenvalue weighted by molar-refractivity contribution is -0.117. The summed E-state index contributed by atoms with van der Waals surface area (Å²) in [7, 11) is 0. The Hall–Kier alpha value is -2.54. The van der Waals surface area contributed by atoms with E-state index >= 15 is 0 Å². The molecule has 2 saturated heterocycles. The zero-order valence-corrected chi connectivity index (χ0v) is 14.9. The maximum atomic E-state index is 12.5. The number of nitrogens with one attached hydrogen (secondary N) is 1. The van der Waals surface area contributed by atoms with Gasteiger partial charge in [0, 0.05) is 25.5 Å². The molecule has 1 N–H and O–H groups in total. The molecule has 2 fully saturated rings. The van der Waals surface area contributed by atoms with Crippen LogP contribution in [0.3, 0.4) is 0 Å². The molecule has 0 radical (unpaired) electrons. The predicted molar refractivity (Wildman–Crippen MR) is 96.8 cm³/mol. The summed E-state index contributed by atoms with van der Waals surface area (Å²) in [4.78, 5) is 27.0. The molecule has 1 spiro atoms. The number of aromatic nitrogens is 3. The highest BCUT2D eigenvalue weighted by Gasteiger charge is 2.54. The summed E-state index contributed by atoms with van der Waals surface area (Å²) in [6.45, 7) is 4.74. The van der Waals surface area contributed by atoms with Crippen LogP contribution in [-0.4, -0.2) is 57.6 Å². The number of likely N-dealkylation sites (tertiary alicyclic amines) is 1. The van der Waals surface area contributed by atoms with E-state index in [0.717, 1.165) is 37.5 Å². The number of nitrogens with zero attached hydrogens (tertiary/aromatic N) is 4. The van der Waals surface area contributed by atoms with Crippen LogP contribution >= 0.6 is 0 Å². The second-order valence-electron chi connectivity index (χ2n) is 7.03. The Morgan fingerprint density at radius 1 is 1.31 bits per heavy atom. The van der Waals surface area contributed by atoms with E-state index in [0.29, 0.717) is 24.7 Å². The molecular weight excluding hydrogens is 330 g/mol. The molecule has 2 aliphatic heterocycles. The first kappa shape index (κ1) is 16.9. The number of hydrogen-bond acceptors (Lipinski definition) is 6. The number of hydrogen-bond donors (Lipinski definition) is 1. The molecule has 7 nitrogen and oxygen atoms in total. The van der Waals surface area contributed by atoms with Crippen molar-refractivity contribution in [2.75, 3.05) is 31.6 Å². The van der Waals surface area contributed by atoms with E-state index in [1.807, 2.05) is 30.0 Å². The van der Waals surface area contributed by atoms with Crippen LogP contribution < -0.4 is 5.32 Å². The highest BCUT2D eigenvalue weighted by molar-refractivity contribution is 5.92. The Bertz CT molecular complexity index is 759. The van der Waals surface area contributed by atoms with Gasteiger partial charge in [-0.15, -0.1) is 0 Å². The van der Waals surface area contributed by atoms with Gasteiger partial charge in [-0.05, 0) is 37.8 Å². The molecule has 26 heavy (non-hydrogen) atoms. The zero-order valence-electron chi connectivity index (χ0n) is 14.9. The fourth-order valence-electron chi connectivity index (χ4n) is 3.79. The number of carbonyl (C=O) groups excluding carboxylic acids is 1. The lowest BCUT2D eigenvalue weighted by Crippen LogP contribution is -2.66. The van der Waals surface area contributed by atoms with Gasteiger partial charge in [0.15, 0.2) is 0 Å². The summed E-state index contributed by atoms with van der Waals surface area (Å²) in [5.41, 5.74) is 1.01. The molecule has 0 aromatic carbocycles. The normalized spacial score (nSPS) is 20.8. The topological polar surface area (TPSA) is 80.2 Å². The highest BCUT2D eigenvalue weighted by Crippen LogP contribution is 2.42. The van der Waals surface area contributed by atoms with Crippen molar-refractivity contribution in [1.82, 2.24) is 19.9 Å². The molecule has 1 amide bonds. The van der Waals surface area contributed by atoms with Crippen molar-refractivity contribution in [1.29, 1.82) is 0 Å². The van der Waals surface area contributed by atoms with Crippen LogP contribution in [0.2, 0.25) is 0 Å². The molecule has 7 heteroatoms. The van der Waals surface area contributed by atoms with Crippen LogP contribution in [0, 0.1) is 12.8 Å². The van der Waals surface area contributed by atoms with Crippen LogP contribution in [0.4, 0.5) is 5.82 Å². The molecular formula is C19H23N5O2. The summed E-state index contributed by atoms with van der Waals surface area (Å²) in [6, 6.07) is 5.84. The Labute approximate surface area is 152 Å². The average Bonchev–Trinajstić information content (AvgIpc) is 3.05. The summed E-state index contributed by atoms with van der Waals surface area (Å²) in [5.74, 6) is 1.28. The van der Waals surface area contributed by atoms with Gasteiger partial charge < -0.3 is 15.0 Å². The Morgan fingerprint density at radius 2 is 2.19 bits per heavy atom. The quantitative estimate of drug-likeness (QED) is 0.884. The minimum atomic E-state index is -0.195. The SMILES string of the molecule is Cc1cnc(C(=O)N2CC3(C2)OCC[C@@H]3CCNc2ccccn2)cn1. The second kappa shape index (κ2) is 6.99. The Morgan fingerprint density at radius 3 is 2.92 bits per heavy atom. The van der Waals surface area contributed by atoms with Crippen molar-refractivity contribution in [3.63, 3.8) is 0 Å². The average molecular weight is 353 g/mol. The van der Waals surface area contributed by atoms with Gasteiger partial charge in [-0.1, -0.05) is 6.07 Å². The number of aryl methyl sites for hydroxylation is 1. The standard InChI is InChI=1S/C19H23N5O2/c1-14-10-23-16(11-22-14)18(25)24-12-19(13-24)15(6-9-26-19)5-8-21-17-4-2-3-7-20-17/h2-4,7,10-11,15H,5-6,8-9,12-13H2,1H3,(H,20,21)/t15-/m0/s1. The number of pyridine rings is 1. The maximum Gasteiger partial charge on any atom is 0.274 e. The number of anilines is 1. The third-order valence-corrected chi connectivity index (χ3v) is 5.27. The minimum Gasteiger partial charge on any atom is -0.371 e. The molecule has 136 valence electrons. The number of ether oxygens (including phenoxy) is 1. The molecule has 2 aliphatic rings. The third kappa shape index (κ3) is 3.26. The Kier molecular flexibility index (Phi) is 4.55. The summed E-state index contributed by atoms with van der Waals surface area (Å²) < 4.78 is 6.05. The van der Waals surface area contributed by atoms with Crippen LogP contribution in [0.15, 0.2) is 36.8 Å².